The Labute approximate surface area is 123 Å². The molecule has 6 nitrogen and oxygen atoms in total. The Balaban J connectivity index is 1.77. The highest BCUT2D eigenvalue weighted by atomic mass is 19.4. The molecule has 1 saturated heterocycles. The van der Waals surface area contributed by atoms with Gasteiger partial charge >= 0.3 is 12.2 Å². The third-order valence-corrected chi connectivity index (χ3v) is 3.55. The Morgan fingerprint density at radius 1 is 1.41 bits per heavy atom. The smallest absolute Gasteiger partial charge is 0.341 e. The first-order chi connectivity index (χ1) is 10.4. The number of carbonyl (C=O) groups excluding carboxylic acids is 1. The van der Waals surface area contributed by atoms with Crippen molar-refractivity contribution >= 4 is 17.1 Å². The molecule has 1 aromatic carbocycles. The van der Waals surface area contributed by atoms with Gasteiger partial charge in [-0.15, -0.1) is 0 Å². The van der Waals surface area contributed by atoms with Gasteiger partial charge in [0.2, 0.25) is 0 Å². The molecule has 2 amide bonds. The largest absolute Gasteiger partial charge is 0.410 e. The number of rotatable bonds is 3. The zero-order chi connectivity index (χ0) is 15.9. The number of alkyl halides is 3. The van der Waals surface area contributed by atoms with Crippen LogP contribution in [0.4, 0.5) is 18.0 Å². The number of nitrogens with one attached hydrogen (secondary N) is 2. The second kappa shape index (κ2) is 5.16. The number of H-pyrrole nitrogens is 1. The predicted octanol–water partition coefficient (Wildman–Crippen LogP) is 1.48. The van der Waals surface area contributed by atoms with Crippen LogP contribution in [0.5, 0.6) is 0 Å². The lowest BCUT2D eigenvalue weighted by atomic mass is 10.2. The monoisotopic (exact) mass is 313 g/mol. The molecule has 0 aliphatic carbocycles. The van der Waals surface area contributed by atoms with Crippen molar-refractivity contribution in [1.29, 1.82) is 0 Å². The molecule has 1 fully saturated rings. The molecule has 1 aliphatic heterocycles. The number of carbonyl (C=O) groups is 1. The summed E-state index contributed by atoms with van der Waals surface area (Å²) in [5.74, 6) is 0.628. The van der Waals surface area contributed by atoms with Gasteiger partial charge in [-0.25, -0.2) is 9.78 Å². The summed E-state index contributed by atoms with van der Waals surface area (Å²) < 4.78 is 37.9. The first-order valence-corrected chi connectivity index (χ1v) is 6.66. The number of halogens is 3. The van der Waals surface area contributed by atoms with E-state index in [1.54, 1.807) is 18.2 Å². The molecule has 3 rings (SSSR count). The summed E-state index contributed by atoms with van der Waals surface area (Å²) in [6.07, 6.45) is -4.44. The molecule has 0 saturated carbocycles. The number of hydrogen-bond donors (Lipinski definition) is 3. The zero-order valence-corrected chi connectivity index (χ0v) is 11.4. The highest BCUT2D eigenvalue weighted by molar-refractivity contribution is 5.78. The van der Waals surface area contributed by atoms with E-state index in [4.69, 9.17) is 5.73 Å². The van der Waals surface area contributed by atoms with Crippen LogP contribution in [0.15, 0.2) is 18.2 Å². The average molecular weight is 313 g/mol. The molecule has 1 atom stereocenters. The Hall–Kier alpha value is -2.29. The molecule has 9 heteroatoms. The lowest BCUT2D eigenvalue weighted by Crippen LogP contribution is -2.40. The van der Waals surface area contributed by atoms with Crippen LogP contribution >= 0.6 is 0 Å². The fourth-order valence-electron chi connectivity index (χ4n) is 2.44. The minimum absolute atomic E-state index is 0.103. The zero-order valence-electron chi connectivity index (χ0n) is 11.4. The van der Waals surface area contributed by atoms with Crippen LogP contribution in [0, 0.1) is 0 Å². The molecule has 1 aromatic heterocycles. The van der Waals surface area contributed by atoms with E-state index in [1.165, 1.54) is 0 Å². The second-order valence-corrected chi connectivity index (χ2v) is 5.16. The van der Waals surface area contributed by atoms with Crippen molar-refractivity contribution in [1.82, 2.24) is 20.2 Å². The molecule has 22 heavy (non-hydrogen) atoms. The second-order valence-electron chi connectivity index (χ2n) is 5.16. The van der Waals surface area contributed by atoms with Crippen LogP contribution in [0.2, 0.25) is 0 Å². The first kappa shape index (κ1) is 14.6. The summed E-state index contributed by atoms with van der Waals surface area (Å²) in [7, 11) is 0. The molecule has 1 unspecified atom stereocenters. The number of amides is 2. The van der Waals surface area contributed by atoms with Gasteiger partial charge in [-0.05, 0) is 17.7 Å². The number of benzene rings is 1. The van der Waals surface area contributed by atoms with Crippen LogP contribution < -0.4 is 11.1 Å². The normalized spacial score (nSPS) is 19.0. The van der Waals surface area contributed by atoms with Gasteiger partial charge in [0.25, 0.3) is 0 Å². The molecular weight excluding hydrogens is 299 g/mol. The van der Waals surface area contributed by atoms with E-state index in [-0.39, 0.29) is 13.1 Å². The van der Waals surface area contributed by atoms with Crippen LogP contribution in [-0.2, 0) is 13.1 Å². The van der Waals surface area contributed by atoms with Gasteiger partial charge < -0.3 is 20.9 Å². The van der Waals surface area contributed by atoms with Crippen LogP contribution in [0.25, 0.3) is 11.0 Å². The first-order valence-electron chi connectivity index (χ1n) is 6.66. The van der Waals surface area contributed by atoms with E-state index < -0.39 is 24.8 Å². The third-order valence-electron chi connectivity index (χ3n) is 3.55. The van der Waals surface area contributed by atoms with E-state index >= 15 is 0 Å². The van der Waals surface area contributed by atoms with E-state index in [9.17, 15) is 18.0 Å². The van der Waals surface area contributed by atoms with Gasteiger partial charge in [-0.1, -0.05) is 6.07 Å². The van der Waals surface area contributed by atoms with Crippen LogP contribution in [0.1, 0.15) is 11.4 Å². The van der Waals surface area contributed by atoms with Crippen molar-refractivity contribution in [3.63, 3.8) is 0 Å². The number of aromatic nitrogens is 2. The lowest BCUT2D eigenvalue weighted by Gasteiger charge is -2.16. The lowest BCUT2D eigenvalue weighted by molar-refractivity contribution is -0.149. The Bertz CT molecular complexity index is 711. The van der Waals surface area contributed by atoms with Gasteiger partial charge in [0.1, 0.15) is 11.9 Å². The number of fused-ring (bicyclic) bond motifs is 1. The summed E-state index contributed by atoms with van der Waals surface area (Å²) in [5.41, 5.74) is 7.68. The summed E-state index contributed by atoms with van der Waals surface area (Å²) in [6, 6.07) is 2.71. The van der Waals surface area contributed by atoms with Crippen molar-refractivity contribution in [2.45, 2.75) is 25.3 Å². The molecule has 2 heterocycles. The minimum Gasteiger partial charge on any atom is -0.341 e. The molecule has 0 radical (unpaired) electrons. The maximum absolute atomic E-state index is 12.6. The Morgan fingerprint density at radius 3 is 2.82 bits per heavy atom. The Kier molecular flexibility index (Phi) is 3.44. The van der Waals surface area contributed by atoms with Gasteiger partial charge in [0, 0.05) is 6.54 Å². The molecule has 4 N–H and O–H groups in total. The molecule has 0 bridgehead atoms. The number of aromatic amines is 1. The fourth-order valence-corrected chi connectivity index (χ4v) is 2.44. The fraction of sp³-hybridized carbons (Fsp3) is 0.385. The van der Waals surface area contributed by atoms with Gasteiger partial charge in [0.15, 0.2) is 0 Å². The Morgan fingerprint density at radius 2 is 2.18 bits per heavy atom. The van der Waals surface area contributed by atoms with Crippen molar-refractivity contribution in [2.24, 2.45) is 5.73 Å². The average Bonchev–Trinajstić information content (AvgIpc) is 3.02. The van der Waals surface area contributed by atoms with E-state index in [0.29, 0.717) is 5.82 Å². The molecular formula is C13H14F3N5O. The topological polar surface area (TPSA) is 87.0 Å². The molecule has 0 spiro atoms. The van der Waals surface area contributed by atoms with Gasteiger partial charge in [0.05, 0.1) is 24.1 Å². The minimum atomic E-state index is -4.44. The summed E-state index contributed by atoms with van der Waals surface area (Å²) in [4.78, 5) is 20.0. The number of urea groups is 1. The summed E-state index contributed by atoms with van der Waals surface area (Å²) in [6.45, 7) is -0.0193. The van der Waals surface area contributed by atoms with E-state index in [2.05, 4.69) is 9.97 Å². The highest BCUT2D eigenvalue weighted by Crippen LogP contribution is 2.25. The number of imidazole rings is 1. The predicted molar refractivity (Wildman–Crippen MR) is 72.8 cm³/mol. The highest BCUT2D eigenvalue weighted by Gasteiger charge is 2.46. The standard InChI is InChI=1S/C13H14F3N5O/c14-13(15,16)10-6-21(12(22)20-10)5-7-1-2-8-9(3-7)19-11(4-17)18-8/h1-3,10H,4-6,17H2,(H,18,19)(H,20,22). The summed E-state index contributed by atoms with van der Waals surface area (Å²) in [5, 5.41) is 1.94. The third kappa shape index (κ3) is 2.71. The summed E-state index contributed by atoms with van der Waals surface area (Å²) >= 11 is 0. The van der Waals surface area contributed by atoms with Gasteiger partial charge in [-0.3, -0.25) is 0 Å². The SMILES string of the molecule is NCc1nc2ccc(CN3CC(C(F)(F)F)NC3=O)cc2[nH]1. The number of nitrogens with zero attached hydrogens (tertiary/aromatic N) is 2. The van der Waals surface area contributed by atoms with Crippen molar-refractivity contribution in [3.05, 3.63) is 29.6 Å². The van der Waals surface area contributed by atoms with Crippen LogP contribution in [0.3, 0.4) is 0 Å². The quantitative estimate of drug-likeness (QED) is 0.802. The molecule has 1 aliphatic rings. The maximum atomic E-state index is 12.6. The van der Waals surface area contributed by atoms with Crippen molar-refractivity contribution in [2.75, 3.05) is 6.54 Å². The maximum Gasteiger partial charge on any atom is 0.410 e. The van der Waals surface area contributed by atoms with Gasteiger partial charge in [-0.2, -0.15) is 13.2 Å². The molecule has 118 valence electrons. The molecule has 2 aromatic rings. The number of nitrogens with two attached hydrogens (primary N) is 1. The van der Waals surface area contributed by atoms with Crippen molar-refractivity contribution < 1.29 is 18.0 Å². The van der Waals surface area contributed by atoms with E-state index in [0.717, 1.165) is 21.5 Å². The van der Waals surface area contributed by atoms with E-state index in [1.807, 2.05) is 5.32 Å². The van der Waals surface area contributed by atoms with Crippen LogP contribution in [-0.4, -0.2) is 39.7 Å². The van der Waals surface area contributed by atoms with Crippen molar-refractivity contribution in [3.8, 4) is 0 Å². The number of hydrogen-bond acceptors (Lipinski definition) is 3.